The minimum absolute atomic E-state index is 0.0504. The highest BCUT2D eigenvalue weighted by Crippen LogP contribution is 2.44. The van der Waals surface area contributed by atoms with Crippen LogP contribution in [-0.4, -0.2) is 44.4 Å². The lowest BCUT2D eigenvalue weighted by Crippen LogP contribution is -2.38. The maximum atomic E-state index is 13.5. The summed E-state index contributed by atoms with van der Waals surface area (Å²) in [4.78, 5) is 17.1. The number of halogens is 1. The van der Waals surface area contributed by atoms with Gasteiger partial charge in [-0.15, -0.1) is 0 Å². The normalized spacial score (nSPS) is 18.1. The number of aromatic nitrogens is 1. The van der Waals surface area contributed by atoms with Crippen LogP contribution in [-0.2, 0) is 14.8 Å². The zero-order valence-electron chi connectivity index (χ0n) is 15.9. The molecule has 0 fully saturated rings. The van der Waals surface area contributed by atoms with Crippen LogP contribution in [0.3, 0.4) is 0 Å². The maximum Gasteiger partial charge on any atom is 0.340 e. The molecule has 0 aliphatic carbocycles. The number of pyridine rings is 1. The molecule has 0 bridgehead atoms. The van der Waals surface area contributed by atoms with Gasteiger partial charge in [-0.2, -0.15) is 0 Å². The molecule has 150 valence electrons. The fourth-order valence-electron chi connectivity index (χ4n) is 3.33. The third-order valence-electron chi connectivity index (χ3n) is 4.73. The van der Waals surface area contributed by atoms with Crippen molar-refractivity contribution < 1.29 is 27.4 Å². The SMILES string of the molecule is COC(=O)c1c(C(C)C)nc2c(c1-c1ccc(F)cc1)C(O)CS(=O)(=O)N2C. The topological polar surface area (TPSA) is 96.8 Å². The summed E-state index contributed by atoms with van der Waals surface area (Å²) in [5.41, 5.74) is 1.42. The molecule has 1 aliphatic rings. The number of esters is 1. The molecule has 1 aromatic carbocycles. The Hall–Kier alpha value is -2.52. The Bertz CT molecular complexity index is 1040. The van der Waals surface area contributed by atoms with Gasteiger partial charge in [-0.25, -0.2) is 22.6 Å². The summed E-state index contributed by atoms with van der Waals surface area (Å²) in [6.07, 6.45) is -1.40. The predicted octanol–water partition coefficient (Wildman–Crippen LogP) is 2.61. The molecule has 1 aromatic heterocycles. The van der Waals surface area contributed by atoms with Gasteiger partial charge in [-0.3, -0.25) is 4.31 Å². The Morgan fingerprint density at radius 3 is 2.46 bits per heavy atom. The number of benzene rings is 1. The van der Waals surface area contributed by atoms with Gasteiger partial charge in [0, 0.05) is 18.2 Å². The van der Waals surface area contributed by atoms with E-state index < -0.39 is 33.7 Å². The van der Waals surface area contributed by atoms with Crippen molar-refractivity contribution in [1.29, 1.82) is 0 Å². The molecular formula is C19H21FN2O5S. The summed E-state index contributed by atoms with van der Waals surface area (Å²) < 4.78 is 44.2. The highest BCUT2D eigenvalue weighted by molar-refractivity contribution is 7.92. The summed E-state index contributed by atoms with van der Waals surface area (Å²) in [7, 11) is -1.19. The van der Waals surface area contributed by atoms with Crippen molar-refractivity contribution in [1.82, 2.24) is 4.98 Å². The molecule has 2 aromatic rings. The smallest absolute Gasteiger partial charge is 0.340 e. The second-order valence-corrected chi connectivity index (χ2v) is 8.94. The molecule has 1 N–H and O–H groups in total. The van der Waals surface area contributed by atoms with E-state index in [0.717, 1.165) is 4.31 Å². The summed E-state index contributed by atoms with van der Waals surface area (Å²) in [6, 6.07) is 5.40. The Kier molecular flexibility index (Phi) is 5.16. The lowest BCUT2D eigenvalue weighted by Gasteiger charge is -2.33. The van der Waals surface area contributed by atoms with E-state index in [2.05, 4.69) is 4.98 Å². The van der Waals surface area contributed by atoms with Crippen molar-refractivity contribution in [2.75, 3.05) is 24.2 Å². The summed E-state index contributed by atoms with van der Waals surface area (Å²) in [5, 5.41) is 10.6. The zero-order valence-corrected chi connectivity index (χ0v) is 16.7. The highest BCUT2D eigenvalue weighted by atomic mass is 32.2. The predicted molar refractivity (Wildman–Crippen MR) is 102 cm³/mol. The largest absolute Gasteiger partial charge is 0.465 e. The molecule has 9 heteroatoms. The van der Waals surface area contributed by atoms with E-state index in [1.165, 1.54) is 38.4 Å². The van der Waals surface area contributed by atoms with Crippen molar-refractivity contribution in [2.24, 2.45) is 0 Å². The maximum absolute atomic E-state index is 13.5. The van der Waals surface area contributed by atoms with Crippen LogP contribution in [0.1, 0.15) is 47.5 Å². The molecule has 28 heavy (non-hydrogen) atoms. The molecule has 1 aliphatic heterocycles. The van der Waals surface area contributed by atoms with Gasteiger partial charge in [-0.1, -0.05) is 26.0 Å². The van der Waals surface area contributed by atoms with Crippen LogP contribution in [0.15, 0.2) is 24.3 Å². The Labute approximate surface area is 162 Å². The average Bonchev–Trinajstić information content (AvgIpc) is 2.64. The van der Waals surface area contributed by atoms with Crippen LogP contribution in [0, 0.1) is 5.82 Å². The zero-order chi connectivity index (χ0) is 20.8. The fraction of sp³-hybridized carbons (Fsp3) is 0.368. The Balaban J connectivity index is 2.49. The molecule has 0 saturated carbocycles. The monoisotopic (exact) mass is 408 g/mol. The molecule has 0 amide bonds. The molecule has 3 rings (SSSR count). The van der Waals surface area contributed by atoms with Gasteiger partial charge in [0.15, 0.2) is 0 Å². The lowest BCUT2D eigenvalue weighted by molar-refractivity contribution is 0.0599. The summed E-state index contributed by atoms with van der Waals surface area (Å²) in [5.74, 6) is -1.87. The van der Waals surface area contributed by atoms with Crippen molar-refractivity contribution in [3.8, 4) is 11.1 Å². The van der Waals surface area contributed by atoms with E-state index in [1.807, 2.05) is 13.8 Å². The van der Waals surface area contributed by atoms with E-state index in [1.54, 1.807) is 0 Å². The number of nitrogens with zero attached hydrogens (tertiary/aromatic N) is 2. The van der Waals surface area contributed by atoms with Crippen LogP contribution >= 0.6 is 0 Å². The molecule has 0 radical (unpaired) electrons. The van der Waals surface area contributed by atoms with Gasteiger partial charge in [-0.05, 0) is 23.6 Å². The number of rotatable bonds is 3. The second kappa shape index (κ2) is 7.14. The van der Waals surface area contributed by atoms with Crippen LogP contribution in [0.25, 0.3) is 11.1 Å². The Morgan fingerprint density at radius 1 is 1.32 bits per heavy atom. The third-order valence-corrected chi connectivity index (χ3v) is 6.47. The summed E-state index contributed by atoms with van der Waals surface area (Å²) >= 11 is 0. The van der Waals surface area contributed by atoms with Gasteiger partial charge < -0.3 is 9.84 Å². The van der Waals surface area contributed by atoms with Gasteiger partial charge in [0.2, 0.25) is 10.0 Å². The number of sulfonamides is 1. The van der Waals surface area contributed by atoms with Crippen molar-refractivity contribution >= 4 is 21.8 Å². The molecule has 2 heterocycles. The molecule has 0 saturated heterocycles. The standard InChI is InChI=1S/C19H21FN2O5S/c1-10(2)17-16(19(24)27-4)14(11-5-7-12(20)8-6-11)15-13(23)9-28(25,26)22(3)18(15)21-17/h5-8,10,13,23H,9H2,1-4H3. The van der Waals surface area contributed by atoms with Crippen LogP contribution in [0.5, 0.6) is 0 Å². The average molecular weight is 408 g/mol. The van der Waals surface area contributed by atoms with E-state index >= 15 is 0 Å². The first-order valence-corrected chi connectivity index (χ1v) is 10.3. The van der Waals surface area contributed by atoms with Crippen LogP contribution in [0.4, 0.5) is 10.2 Å². The molecular weight excluding hydrogens is 387 g/mol. The van der Waals surface area contributed by atoms with Gasteiger partial charge in [0.05, 0.1) is 30.2 Å². The van der Waals surface area contributed by atoms with Gasteiger partial charge in [0.25, 0.3) is 0 Å². The molecule has 7 nitrogen and oxygen atoms in total. The fourth-order valence-corrected chi connectivity index (χ4v) is 4.52. The quantitative estimate of drug-likeness (QED) is 0.785. The molecule has 0 spiro atoms. The van der Waals surface area contributed by atoms with E-state index in [4.69, 9.17) is 4.74 Å². The van der Waals surface area contributed by atoms with Crippen molar-refractivity contribution in [3.05, 3.63) is 46.9 Å². The number of hydrogen-bond donors (Lipinski definition) is 1. The van der Waals surface area contributed by atoms with Crippen molar-refractivity contribution in [3.63, 3.8) is 0 Å². The van der Waals surface area contributed by atoms with E-state index in [9.17, 15) is 22.7 Å². The number of carbonyl (C=O) groups is 1. The Morgan fingerprint density at radius 2 is 1.93 bits per heavy atom. The van der Waals surface area contributed by atoms with E-state index in [0.29, 0.717) is 16.8 Å². The minimum Gasteiger partial charge on any atom is -0.465 e. The number of ether oxygens (including phenoxy) is 1. The highest BCUT2D eigenvalue weighted by Gasteiger charge is 2.39. The number of methoxy groups -OCH3 is 1. The van der Waals surface area contributed by atoms with Gasteiger partial charge in [0.1, 0.15) is 11.6 Å². The first kappa shape index (κ1) is 20.2. The number of carbonyl (C=O) groups excluding carboxylic acids is 1. The number of hydrogen-bond acceptors (Lipinski definition) is 6. The minimum atomic E-state index is -3.77. The third kappa shape index (κ3) is 3.24. The lowest BCUT2D eigenvalue weighted by atomic mass is 9.88. The first-order chi connectivity index (χ1) is 13.1. The number of aliphatic hydroxyl groups excluding tert-OH is 1. The first-order valence-electron chi connectivity index (χ1n) is 8.65. The molecule has 1 atom stereocenters. The number of fused-ring (bicyclic) bond motifs is 1. The van der Waals surface area contributed by atoms with Crippen LogP contribution < -0.4 is 4.31 Å². The second-order valence-electron chi connectivity index (χ2n) is 6.90. The van der Waals surface area contributed by atoms with Gasteiger partial charge >= 0.3 is 5.97 Å². The van der Waals surface area contributed by atoms with Crippen LogP contribution in [0.2, 0.25) is 0 Å². The summed E-state index contributed by atoms with van der Waals surface area (Å²) in [6.45, 7) is 3.62. The number of anilines is 1. The van der Waals surface area contributed by atoms with E-state index in [-0.39, 0.29) is 22.9 Å². The number of aliphatic hydroxyl groups is 1. The van der Waals surface area contributed by atoms with Crippen molar-refractivity contribution in [2.45, 2.75) is 25.9 Å². The molecule has 1 unspecified atom stereocenters.